The van der Waals surface area contributed by atoms with Crippen LogP contribution in [0.5, 0.6) is 0 Å². The number of hydrogen-bond acceptors (Lipinski definition) is 4. The SMILES string of the molecule is CC(C)[C@H](NC(=O)C1CCC(Cn2cnc3ccccc3c2=O)CC1)C(=O)O. The van der Waals surface area contributed by atoms with Gasteiger partial charge < -0.3 is 10.4 Å². The maximum Gasteiger partial charge on any atom is 0.326 e. The molecule has 2 aromatic rings. The Labute approximate surface area is 163 Å². The lowest BCUT2D eigenvalue weighted by atomic mass is 9.81. The first-order chi connectivity index (χ1) is 13.4. The molecule has 0 radical (unpaired) electrons. The fourth-order valence-corrected chi connectivity index (χ4v) is 3.91. The average Bonchev–Trinajstić information content (AvgIpc) is 2.68. The second kappa shape index (κ2) is 8.54. The zero-order chi connectivity index (χ0) is 20.3. The molecule has 1 saturated carbocycles. The van der Waals surface area contributed by atoms with Crippen LogP contribution in [-0.2, 0) is 16.1 Å². The van der Waals surface area contributed by atoms with Crippen LogP contribution in [-0.4, -0.2) is 32.6 Å². The topological polar surface area (TPSA) is 101 Å². The number of fused-ring (bicyclic) bond motifs is 1. The van der Waals surface area contributed by atoms with E-state index in [1.807, 2.05) is 18.2 Å². The van der Waals surface area contributed by atoms with E-state index in [0.717, 1.165) is 12.8 Å². The molecule has 1 aliphatic carbocycles. The molecule has 1 aromatic carbocycles. The van der Waals surface area contributed by atoms with Crippen LogP contribution < -0.4 is 10.9 Å². The molecule has 1 amide bonds. The Morgan fingerprint density at radius 2 is 1.89 bits per heavy atom. The molecular weight excluding hydrogens is 358 g/mol. The number of benzene rings is 1. The number of carbonyl (C=O) groups is 2. The summed E-state index contributed by atoms with van der Waals surface area (Å²) >= 11 is 0. The van der Waals surface area contributed by atoms with Gasteiger partial charge in [0, 0.05) is 12.5 Å². The minimum absolute atomic E-state index is 0.0355. The Morgan fingerprint density at radius 1 is 1.21 bits per heavy atom. The summed E-state index contributed by atoms with van der Waals surface area (Å²) in [5.74, 6) is -1.19. The van der Waals surface area contributed by atoms with Crippen LogP contribution in [0.15, 0.2) is 35.4 Å². The van der Waals surface area contributed by atoms with E-state index >= 15 is 0 Å². The second-order valence-electron chi connectivity index (χ2n) is 8.01. The van der Waals surface area contributed by atoms with E-state index in [1.54, 1.807) is 30.8 Å². The molecule has 3 rings (SSSR count). The van der Waals surface area contributed by atoms with E-state index in [9.17, 15) is 19.5 Å². The van der Waals surface area contributed by atoms with Gasteiger partial charge in [-0.15, -0.1) is 0 Å². The molecule has 1 atom stereocenters. The molecule has 150 valence electrons. The number of carboxylic acids is 1. The molecule has 1 fully saturated rings. The van der Waals surface area contributed by atoms with Gasteiger partial charge in [-0.05, 0) is 49.7 Å². The highest BCUT2D eigenvalue weighted by Gasteiger charge is 2.30. The molecule has 0 spiro atoms. The Morgan fingerprint density at radius 3 is 2.54 bits per heavy atom. The van der Waals surface area contributed by atoms with Crippen molar-refractivity contribution in [3.05, 3.63) is 40.9 Å². The number of carbonyl (C=O) groups excluding carboxylic acids is 1. The largest absolute Gasteiger partial charge is 0.480 e. The van der Waals surface area contributed by atoms with Gasteiger partial charge in [0.15, 0.2) is 0 Å². The predicted octanol–water partition coefficient (Wildman–Crippen LogP) is 2.43. The van der Waals surface area contributed by atoms with Crippen LogP contribution in [0.25, 0.3) is 10.9 Å². The van der Waals surface area contributed by atoms with E-state index < -0.39 is 12.0 Å². The number of aromatic nitrogens is 2. The van der Waals surface area contributed by atoms with Crippen molar-refractivity contribution in [3.8, 4) is 0 Å². The molecule has 0 aliphatic heterocycles. The lowest BCUT2D eigenvalue weighted by molar-refractivity contribution is -0.144. The number of hydrogen-bond donors (Lipinski definition) is 2. The Kier molecular flexibility index (Phi) is 6.11. The standard InChI is InChI=1S/C21H27N3O4/c1-13(2)18(21(27)28)23-19(25)15-9-7-14(8-10-15)11-24-12-22-17-6-4-3-5-16(17)20(24)26/h3-6,12-15,18H,7-11H2,1-2H3,(H,23,25)(H,27,28)/t14?,15?,18-/m0/s1. The third-order valence-electron chi connectivity index (χ3n) is 5.63. The van der Waals surface area contributed by atoms with Gasteiger partial charge in [-0.3, -0.25) is 14.2 Å². The van der Waals surface area contributed by atoms with Crippen molar-refractivity contribution in [3.63, 3.8) is 0 Å². The van der Waals surface area contributed by atoms with Crippen molar-refractivity contribution in [1.29, 1.82) is 0 Å². The van der Waals surface area contributed by atoms with Crippen LogP contribution in [0.4, 0.5) is 0 Å². The van der Waals surface area contributed by atoms with E-state index in [0.29, 0.717) is 36.2 Å². The monoisotopic (exact) mass is 385 g/mol. The first-order valence-electron chi connectivity index (χ1n) is 9.84. The van der Waals surface area contributed by atoms with Gasteiger partial charge in [-0.25, -0.2) is 9.78 Å². The lowest BCUT2D eigenvalue weighted by Crippen LogP contribution is -2.47. The minimum atomic E-state index is -1.000. The highest BCUT2D eigenvalue weighted by molar-refractivity contribution is 5.85. The van der Waals surface area contributed by atoms with Crippen molar-refractivity contribution in [2.24, 2.45) is 17.8 Å². The van der Waals surface area contributed by atoms with Gasteiger partial charge in [-0.2, -0.15) is 0 Å². The zero-order valence-corrected chi connectivity index (χ0v) is 16.3. The van der Waals surface area contributed by atoms with Gasteiger partial charge in [0.05, 0.1) is 17.2 Å². The van der Waals surface area contributed by atoms with E-state index in [1.165, 1.54) is 0 Å². The quantitative estimate of drug-likeness (QED) is 0.795. The number of rotatable bonds is 6. The van der Waals surface area contributed by atoms with Crippen molar-refractivity contribution >= 4 is 22.8 Å². The molecule has 1 heterocycles. The van der Waals surface area contributed by atoms with Crippen LogP contribution >= 0.6 is 0 Å². The molecule has 0 unspecified atom stereocenters. The first kappa shape index (κ1) is 20.0. The molecule has 7 nitrogen and oxygen atoms in total. The van der Waals surface area contributed by atoms with Gasteiger partial charge in [-0.1, -0.05) is 26.0 Å². The summed E-state index contributed by atoms with van der Waals surface area (Å²) in [6, 6.07) is 6.45. The van der Waals surface area contributed by atoms with Gasteiger partial charge >= 0.3 is 5.97 Å². The van der Waals surface area contributed by atoms with Crippen molar-refractivity contribution in [2.75, 3.05) is 0 Å². The predicted molar refractivity (Wildman–Crippen MR) is 106 cm³/mol. The van der Waals surface area contributed by atoms with Crippen LogP contribution in [0, 0.1) is 17.8 Å². The highest BCUT2D eigenvalue weighted by atomic mass is 16.4. The van der Waals surface area contributed by atoms with Crippen molar-refractivity contribution in [2.45, 2.75) is 52.1 Å². The number of para-hydroxylation sites is 1. The van der Waals surface area contributed by atoms with E-state index in [4.69, 9.17) is 0 Å². The number of amides is 1. The fraction of sp³-hybridized carbons (Fsp3) is 0.524. The first-order valence-corrected chi connectivity index (χ1v) is 9.84. The summed E-state index contributed by atoms with van der Waals surface area (Å²) < 4.78 is 1.66. The molecule has 2 N–H and O–H groups in total. The average molecular weight is 385 g/mol. The minimum Gasteiger partial charge on any atom is -0.480 e. The smallest absolute Gasteiger partial charge is 0.326 e. The lowest BCUT2D eigenvalue weighted by Gasteiger charge is -2.29. The molecule has 0 saturated heterocycles. The summed E-state index contributed by atoms with van der Waals surface area (Å²) in [4.78, 5) is 40.7. The normalized spacial score (nSPS) is 20.8. The molecule has 1 aliphatic rings. The molecular formula is C21H27N3O4. The van der Waals surface area contributed by atoms with Crippen molar-refractivity contribution in [1.82, 2.24) is 14.9 Å². The molecule has 7 heteroatoms. The number of carboxylic acid groups (broad SMARTS) is 1. The Hall–Kier alpha value is -2.70. The molecule has 0 bridgehead atoms. The summed E-state index contributed by atoms with van der Waals surface area (Å²) in [5, 5.41) is 12.5. The van der Waals surface area contributed by atoms with E-state index in [-0.39, 0.29) is 23.3 Å². The fourth-order valence-electron chi connectivity index (χ4n) is 3.91. The summed E-state index contributed by atoms with van der Waals surface area (Å²) in [6.45, 7) is 4.16. The third-order valence-corrected chi connectivity index (χ3v) is 5.63. The highest BCUT2D eigenvalue weighted by Crippen LogP contribution is 2.30. The third kappa shape index (κ3) is 4.40. The molecule has 1 aromatic heterocycles. The van der Waals surface area contributed by atoms with Crippen LogP contribution in [0.2, 0.25) is 0 Å². The summed E-state index contributed by atoms with van der Waals surface area (Å²) in [6.07, 6.45) is 4.67. The van der Waals surface area contributed by atoms with Crippen LogP contribution in [0.3, 0.4) is 0 Å². The Balaban J connectivity index is 1.59. The maximum atomic E-state index is 12.6. The summed E-state index contributed by atoms with van der Waals surface area (Å²) in [5.41, 5.74) is 0.661. The maximum absolute atomic E-state index is 12.6. The van der Waals surface area contributed by atoms with Gasteiger partial charge in [0.2, 0.25) is 5.91 Å². The van der Waals surface area contributed by atoms with Crippen LogP contribution in [0.1, 0.15) is 39.5 Å². The van der Waals surface area contributed by atoms with Gasteiger partial charge in [0.25, 0.3) is 5.56 Å². The number of nitrogens with zero attached hydrogens (tertiary/aromatic N) is 2. The van der Waals surface area contributed by atoms with Gasteiger partial charge in [0.1, 0.15) is 6.04 Å². The number of aliphatic carboxylic acids is 1. The summed E-state index contributed by atoms with van der Waals surface area (Å²) in [7, 11) is 0. The number of nitrogens with one attached hydrogen (secondary N) is 1. The van der Waals surface area contributed by atoms with Crippen molar-refractivity contribution < 1.29 is 14.7 Å². The Bertz CT molecular complexity index is 913. The second-order valence-corrected chi connectivity index (χ2v) is 8.01. The zero-order valence-electron chi connectivity index (χ0n) is 16.3. The molecule has 28 heavy (non-hydrogen) atoms. The van der Waals surface area contributed by atoms with E-state index in [2.05, 4.69) is 10.3 Å².